The number of benzene rings is 2. The molecule has 0 unspecified atom stereocenters. The lowest BCUT2D eigenvalue weighted by Crippen LogP contribution is -3.15. The number of quaternary nitrogens is 1. The molecule has 1 amide bonds. The molecule has 2 aromatic rings. The summed E-state index contributed by atoms with van der Waals surface area (Å²) in [4.78, 5) is 25.9. The van der Waals surface area contributed by atoms with Crippen LogP contribution in [0.2, 0.25) is 10.0 Å². The molecular weight excluding hydrogens is 391 g/mol. The van der Waals surface area contributed by atoms with E-state index in [1.807, 2.05) is 24.3 Å². The molecule has 7 nitrogen and oxygen atoms in total. The van der Waals surface area contributed by atoms with Crippen LogP contribution in [0.4, 0.5) is 17.1 Å². The Kier molecular flexibility index (Phi) is 6.15. The number of para-hydroxylation sites is 1. The number of carbonyl (C=O) groups is 1. The van der Waals surface area contributed by atoms with E-state index >= 15 is 0 Å². The van der Waals surface area contributed by atoms with Crippen LogP contribution >= 0.6 is 23.2 Å². The fourth-order valence-corrected chi connectivity index (χ4v) is 3.57. The number of non-ortho nitro benzene ring substituents is 1. The average molecular weight is 410 g/mol. The number of nitrogens with zero attached hydrogens (tertiary/aromatic N) is 2. The van der Waals surface area contributed by atoms with Gasteiger partial charge in [0, 0.05) is 12.1 Å². The number of amides is 1. The van der Waals surface area contributed by atoms with Crippen LogP contribution in [0.5, 0.6) is 0 Å². The molecule has 9 heteroatoms. The Morgan fingerprint density at radius 1 is 1.15 bits per heavy atom. The van der Waals surface area contributed by atoms with Crippen molar-refractivity contribution in [2.75, 3.05) is 42.9 Å². The zero-order valence-corrected chi connectivity index (χ0v) is 16.0. The third-order valence-electron chi connectivity index (χ3n) is 4.51. The Hall–Kier alpha value is -2.35. The van der Waals surface area contributed by atoms with Gasteiger partial charge >= 0.3 is 0 Å². The van der Waals surface area contributed by atoms with Gasteiger partial charge in [0.2, 0.25) is 0 Å². The first-order valence-corrected chi connectivity index (χ1v) is 9.26. The first kappa shape index (κ1) is 19.4. The summed E-state index contributed by atoms with van der Waals surface area (Å²) in [6.45, 7) is 3.55. The highest BCUT2D eigenvalue weighted by atomic mass is 35.5. The lowest BCUT2D eigenvalue weighted by molar-refractivity contribution is -0.892. The standard InChI is InChI=1S/C18H18Cl2N4O3/c19-14-3-1-2-4-17(14)23-9-7-22(8-10-23)12-18(25)21-16-6-5-13(24(26)27)11-15(16)20/h1-6,11H,7-10,12H2,(H,21,25)/p+1. The highest BCUT2D eigenvalue weighted by molar-refractivity contribution is 6.34. The molecule has 0 spiro atoms. The zero-order valence-electron chi connectivity index (χ0n) is 14.5. The van der Waals surface area contributed by atoms with Crippen LogP contribution in [0.25, 0.3) is 0 Å². The predicted octanol–water partition coefficient (Wildman–Crippen LogP) is 2.25. The number of rotatable bonds is 5. The van der Waals surface area contributed by atoms with Gasteiger partial charge in [-0.15, -0.1) is 0 Å². The van der Waals surface area contributed by atoms with Gasteiger partial charge in [0.1, 0.15) is 0 Å². The number of nitro groups is 1. The van der Waals surface area contributed by atoms with Gasteiger partial charge in [-0.1, -0.05) is 35.3 Å². The van der Waals surface area contributed by atoms with Crippen molar-refractivity contribution >= 4 is 46.2 Å². The fraction of sp³-hybridized carbons (Fsp3) is 0.278. The Balaban J connectivity index is 1.53. The van der Waals surface area contributed by atoms with E-state index in [1.54, 1.807) is 0 Å². The Morgan fingerprint density at radius 3 is 2.48 bits per heavy atom. The molecule has 2 N–H and O–H groups in total. The summed E-state index contributed by atoms with van der Waals surface area (Å²) in [6, 6.07) is 11.7. The van der Waals surface area contributed by atoms with E-state index in [-0.39, 0.29) is 16.6 Å². The number of nitrogens with one attached hydrogen (secondary N) is 2. The average Bonchev–Trinajstić information content (AvgIpc) is 2.64. The summed E-state index contributed by atoms with van der Waals surface area (Å²) >= 11 is 12.3. The molecule has 27 heavy (non-hydrogen) atoms. The highest BCUT2D eigenvalue weighted by Crippen LogP contribution is 2.26. The van der Waals surface area contributed by atoms with Gasteiger partial charge in [0.25, 0.3) is 11.6 Å². The first-order chi connectivity index (χ1) is 12.9. The van der Waals surface area contributed by atoms with Crippen molar-refractivity contribution in [2.24, 2.45) is 0 Å². The maximum absolute atomic E-state index is 12.3. The molecule has 0 saturated carbocycles. The van der Waals surface area contributed by atoms with E-state index in [0.717, 1.165) is 41.8 Å². The molecule has 0 radical (unpaired) electrons. The molecular formula is C18H19Cl2N4O3+. The van der Waals surface area contributed by atoms with Crippen molar-refractivity contribution in [3.63, 3.8) is 0 Å². The normalized spacial score (nSPS) is 14.8. The number of hydrogen-bond acceptors (Lipinski definition) is 4. The summed E-state index contributed by atoms with van der Waals surface area (Å²) in [7, 11) is 0. The summed E-state index contributed by atoms with van der Waals surface area (Å²) in [6.07, 6.45) is 0. The molecule has 0 atom stereocenters. The summed E-state index contributed by atoms with van der Waals surface area (Å²) < 4.78 is 0. The molecule has 1 aliphatic rings. The van der Waals surface area contributed by atoms with E-state index in [9.17, 15) is 14.9 Å². The molecule has 1 saturated heterocycles. The van der Waals surface area contributed by atoms with Gasteiger partial charge in [-0.2, -0.15) is 0 Å². The van der Waals surface area contributed by atoms with E-state index in [2.05, 4.69) is 10.2 Å². The van der Waals surface area contributed by atoms with Gasteiger partial charge in [0.15, 0.2) is 6.54 Å². The number of carbonyl (C=O) groups excluding carboxylic acids is 1. The first-order valence-electron chi connectivity index (χ1n) is 8.51. The van der Waals surface area contributed by atoms with Gasteiger partial charge in [0.05, 0.1) is 52.5 Å². The van der Waals surface area contributed by atoms with Crippen LogP contribution in [0.3, 0.4) is 0 Å². The molecule has 2 aromatic carbocycles. The minimum absolute atomic E-state index is 0.112. The molecule has 3 rings (SSSR count). The minimum Gasteiger partial charge on any atom is -0.359 e. The zero-order chi connectivity index (χ0) is 19.4. The maximum Gasteiger partial charge on any atom is 0.279 e. The van der Waals surface area contributed by atoms with Crippen LogP contribution < -0.4 is 15.1 Å². The molecule has 0 aromatic heterocycles. The molecule has 0 bridgehead atoms. The third-order valence-corrected chi connectivity index (χ3v) is 5.14. The Morgan fingerprint density at radius 2 is 1.85 bits per heavy atom. The van der Waals surface area contributed by atoms with Crippen molar-refractivity contribution in [1.29, 1.82) is 0 Å². The molecule has 1 fully saturated rings. The minimum atomic E-state index is -0.528. The summed E-state index contributed by atoms with van der Waals surface area (Å²) in [5, 5.41) is 14.3. The van der Waals surface area contributed by atoms with E-state index < -0.39 is 4.92 Å². The van der Waals surface area contributed by atoms with E-state index in [1.165, 1.54) is 18.2 Å². The number of nitro benzene ring substituents is 1. The van der Waals surface area contributed by atoms with Crippen LogP contribution in [0.1, 0.15) is 0 Å². The van der Waals surface area contributed by atoms with Crippen LogP contribution in [0, 0.1) is 10.1 Å². The second-order valence-electron chi connectivity index (χ2n) is 6.33. The number of anilines is 2. The fourth-order valence-electron chi connectivity index (χ4n) is 3.09. The highest BCUT2D eigenvalue weighted by Gasteiger charge is 2.23. The van der Waals surface area contributed by atoms with Crippen molar-refractivity contribution in [3.8, 4) is 0 Å². The van der Waals surface area contributed by atoms with Crippen molar-refractivity contribution in [2.45, 2.75) is 0 Å². The molecule has 1 aliphatic heterocycles. The second-order valence-corrected chi connectivity index (χ2v) is 7.15. The van der Waals surface area contributed by atoms with E-state index in [4.69, 9.17) is 23.2 Å². The van der Waals surface area contributed by atoms with Crippen molar-refractivity contribution in [3.05, 3.63) is 62.6 Å². The van der Waals surface area contributed by atoms with Gasteiger partial charge in [-0.25, -0.2) is 0 Å². The topological polar surface area (TPSA) is 79.9 Å². The monoisotopic (exact) mass is 409 g/mol. The summed E-state index contributed by atoms with van der Waals surface area (Å²) in [5.74, 6) is -0.174. The predicted molar refractivity (Wildman–Crippen MR) is 106 cm³/mol. The van der Waals surface area contributed by atoms with Crippen molar-refractivity contribution < 1.29 is 14.6 Å². The van der Waals surface area contributed by atoms with Crippen LogP contribution in [-0.2, 0) is 4.79 Å². The Labute approximate surface area is 166 Å². The summed E-state index contributed by atoms with van der Waals surface area (Å²) in [5.41, 5.74) is 1.28. The lowest BCUT2D eigenvalue weighted by atomic mass is 10.2. The number of piperazine rings is 1. The molecule has 142 valence electrons. The number of hydrogen-bond donors (Lipinski definition) is 2. The lowest BCUT2D eigenvalue weighted by Gasteiger charge is -2.33. The smallest absolute Gasteiger partial charge is 0.279 e. The molecule has 0 aliphatic carbocycles. The van der Waals surface area contributed by atoms with Crippen LogP contribution in [-0.4, -0.2) is 43.6 Å². The largest absolute Gasteiger partial charge is 0.359 e. The van der Waals surface area contributed by atoms with Gasteiger partial charge in [-0.05, 0) is 18.2 Å². The van der Waals surface area contributed by atoms with Crippen LogP contribution in [0.15, 0.2) is 42.5 Å². The van der Waals surface area contributed by atoms with Gasteiger partial charge < -0.3 is 15.1 Å². The van der Waals surface area contributed by atoms with E-state index in [0.29, 0.717) is 12.2 Å². The second kappa shape index (κ2) is 8.56. The molecule has 1 heterocycles. The van der Waals surface area contributed by atoms with Crippen molar-refractivity contribution in [1.82, 2.24) is 0 Å². The Bertz CT molecular complexity index is 854. The number of halogens is 2. The quantitative estimate of drug-likeness (QED) is 0.586. The third kappa shape index (κ3) is 4.88. The maximum atomic E-state index is 12.3. The SMILES string of the molecule is O=C(C[NH+]1CCN(c2ccccc2Cl)CC1)Nc1ccc([N+](=O)[O-])cc1Cl. The van der Waals surface area contributed by atoms with Gasteiger partial charge in [-0.3, -0.25) is 14.9 Å².